The second kappa shape index (κ2) is 9.43. The van der Waals surface area contributed by atoms with Gasteiger partial charge in [0.05, 0.1) is 21.3 Å². The maximum absolute atomic E-state index is 12.0. The van der Waals surface area contributed by atoms with Crippen molar-refractivity contribution in [1.29, 1.82) is 0 Å². The Morgan fingerprint density at radius 3 is 2.27 bits per heavy atom. The van der Waals surface area contributed by atoms with Crippen molar-refractivity contribution in [3.63, 3.8) is 0 Å². The van der Waals surface area contributed by atoms with Crippen molar-refractivity contribution in [3.8, 4) is 17.2 Å². The molecule has 2 N–H and O–H groups in total. The minimum Gasteiger partial charge on any atom is -0.497 e. The van der Waals surface area contributed by atoms with E-state index in [-0.39, 0.29) is 11.0 Å². The minimum absolute atomic E-state index is 0.206. The van der Waals surface area contributed by atoms with Crippen LogP contribution < -0.4 is 24.8 Å². The van der Waals surface area contributed by atoms with Gasteiger partial charge in [0, 0.05) is 11.8 Å². The SMILES string of the molecule is COc1ccc(NC(=S)NC(=O)C=Cc2ccc(OC)c(OC)c2)cc1. The first-order chi connectivity index (χ1) is 12.5. The normalized spacial score (nSPS) is 10.3. The molecule has 0 bridgehead atoms. The molecule has 0 saturated heterocycles. The molecular formula is C19H20N2O4S. The largest absolute Gasteiger partial charge is 0.497 e. The molecule has 0 aliphatic carbocycles. The third-order valence-electron chi connectivity index (χ3n) is 3.42. The van der Waals surface area contributed by atoms with Gasteiger partial charge in [-0.25, -0.2) is 0 Å². The summed E-state index contributed by atoms with van der Waals surface area (Å²) in [4.78, 5) is 12.0. The quantitative estimate of drug-likeness (QED) is 0.599. The molecule has 0 aromatic heterocycles. The number of hydrogen-bond acceptors (Lipinski definition) is 5. The summed E-state index contributed by atoms with van der Waals surface area (Å²) in [6.45, 7) is 0. The molecule has 136 valence electrons. The maximum Gasteiger partial charge on any atom is 0.250 e. The molecule has 0 radical (unpaired) electrons. The molecule has 0 heterocycles. The number of rotatable bonds is 6. The van der Waals surface area contributed by atoms with Crippen LogP contribution in [0.25, 0.3) is 6.08 Å². The monoisotopic (exact) mass is 372 g/mol. The van der Waals surface area contributed by atoms with Crippen LogP contribution in [0.4, 0.5) is 5.69 Å². The lowest BCUT2D eigenvalue weighted by Crippen LogP contribution is -2.32. The van der Waals surface area contributed by atoms with Crippen LogP contribution in [0.15, 0.2) is 48.5 Å². The summed E-state index contributed by atoms with van der Waals surface area (Å²) in [5.74, 6) is 1.61. The standard InChI is InChI=1S/C19H20N2O4S/c1-23-15-8-6-14(7-9-15)20-19(26)21-18(22)11-5-13-4-10-16(24-2)17(12-13)25-3/h4-12H,1-3H3,(H2,20,21,22,26). The molecular weight excluding hydrogens is 352 g/mol. The summed E-state index contributed by atoms with van der Waals surface area (Å²) < 4.78 is 15.5. The summed E-state index contributed by atoms with van der Waals surface area (Å²) in [5.41, 5.74) is 1.55. The zero-order valence-corrected chi connectivity index (χ0v) is 15.6. The fraction of sp³-hybridized carbons (Fsp3) is 0.158. The van der Waals surface area contributed by atoms with Crippen molar-refractivity contribution in [3.05, 3.63) is 54.1 Å². The topological polar surface area (TPSA) is 68.8 Å². The van der Waals surface area contributed by atoms with Gasteiger partial charge < -0.3 is 19.5 Å². The number of amides is 1. The highest BCUT2D eigenvalue weighted by atomic mass is 32.1. The number of benzene rings is 2. The van der Waals surface area contributed by atoms with Gasteiger partial charge in [0.15, 0.2) is 16.6 Å². The smallest absolute Gasteiger partial charge is 0.250 e. The fourth-order valence-corrected chi connectivity index (χ4v) is 2.34. The Labute approximate surface area is 157 Å². The van der Waals surface area contributed by atoms with Crippen LogP contribution in [-0.2, 0) is 4.79 Å². The van der Waals surface area contributed by atoms with Crippen molar-refractivity contribution in [2.45, 2.75) is 0 Å². The van der Waals surface area contributed by atoms with E-state index in [1.54, 1.807) is 63.8 Å². The molecule has 1 amide bonds. The number of anilines is 1. The molecule has 26 heavy (non-hydrogen) atoms. The molecule has 0 unspecified atom stereocenters. The number of carbonyl (C=O) groups is 1. The molecule has 0 aliphatic heterocycles. The van der Waals surface area contributed by atoms with E-state index in [2.05, 4.69) is 10.6 Å². The molecule has 0 aliphatic rings. The van der Waals surface area contributed by atoms with Gasteiger partial charge in [0.1, 0.15) is 5.75 Å². The van der Waals surface area contributed by atoms with Crippen LogP contribution in [-0.4, -0.2) is 32.3 Å². The van der Waals surface area contributed by atoms with E-state index in [0.29, 0.717) is 11.5 Å². The van der Waals surface area contributed by atoms with E-state index in [1.807, 2.05) is 6.07 Å². The lowest BCUT2D eigenvalue weighted by atomic mass is 10.2. The van der Waals surface area contributed by atoms with Crippen molar-refractivity contribution in [2.24, 2.45) is 0 Å². The number of hydrogen-bond donors (Lipinski definition) is 2. The molecule has 0 atom stereocenters. The van der Waals surface area contributed by atoms with E-state index in [9.17, 15) is 4.79 Å². The molecule has 7 heteroatoms. The van der Waals surface area contributed by atoms with Crippen molar-refractivity contribution >= 4 is 35.0 Å². The summed E-state index contributed by atoms with van der Waals surface area (Å²) in [5, 5.41) is 5.72. The highest BCUT2D eigenvalue weighted by molar-refractivity contribution is 7.80. The molecule has 0 spiro atoms. The van der Waals surface area contributed by atoms with Gasteiger partial charge in [-0.2, -0.15) is 0 Å². The predicted octanol–water partition coefficient (Wildman–Crippen LogP) is 3.24. The summed E-state index contributed by atoms with van der Waals surface area (Å²) in [6, 6.07) is 12.6. The Morgan fingerprint density at radius 2 is 1.65 bits per heavy atom. The maximum atomic E-state index is 12.0. The number of ether oxygens (including phenoxy) is 3. The summed E-state index contributed by atoms with van der Waals surface area (Å²) >= 11 is 5.13. The van der Waals surface area contributed by atoms with Crippen molar-refractivity contribution in [2.75, 3.05) is 26.6 Å². The minimum atomic E-state index is -0.342. The first-order valence-corrected chi connectivity index (χ1v) is 8.12. The van der Waals surface area contributed by atoms with E-state index in [4.69, 9.17) is 26.4 Å². The third-order valence-corrected chi connectivity index (χ3v) is 3.62. The number of thiocarbonyl (C=S) groups is 1. The fourth-order valence-electron chi connectivity index (χ4n) is 2.12. The second-order valence-electron chi connectivity index (χ2n) is 5.12. The Kier molecular flexibility index (Phi) is 6.99. The van der Waals surface area contributed by atoms with Gasteiger partial charge in [-0.3, -0.25) is 10.1 Å². The van der Waals surface area contributed by atoms with Crippen LogP contribution in [0.1, 0.15) is 5.56 Å². The molecule has 0 saturated carbocycles. The number of methoxy groups -OCH3 is 3. The van der Waals surface area contributed by atoms with Gasteiger partial charge in [0.2, 0.25) is 5.91 Å². The average Bonchev–Trinajstić information content (AvgIpc) is 2.66. The van der Waals surface area contributed by atoms with Gasteiger partial charge >= 0.3 is 0 Å². The van der Waals surface area contributed by atoms with E-state index < -0.39 is 0 Å². The first-order valence-electron chi connectivity index (χ1n) is 7.72. The van der Waals surface area contributed by atoms with E-state index in [0.717, 1.165) is 17.0 Å². The number of nitrogens with one attached hydrogen (secondary N) is 2. The molecule has 6 nitrogen and oxygen atoms in total. The lowest BCUT2D eigenvalue weighted by Gasteiger charge is -2.09. The van der Waals surface area contributed by atoms with Crippen LogP contribution >= 0.6 is 12.2 Å². The molecule has 0 fully saturated rings. The van der Waals surface area contributed by atoms with Gasteiger partial charge in [-0.15, -0.1) is 0 Å². The van der Waals surface area contributed by atoms with E-state index >= 15 is 0 Å². The Morgan fingerprint density at radius 1 is 0.962 bits per heavy atom. The first kappa shape index (κ1) is 19.3. The molecule has 2 aromatic rings. The van der Waals surface area contributed by atoms with Gasteiger partial charge in [0.25, 0.3) is 0 Å². The number of carbonyl (C=O) groups excluding carboxylic acids is 1. The van der Waals surface area contributed by atoms with Crippen molar-refractivity contribution < 1.29 is 19.0 Å². The highest BCUT2D eigenvalue weighted by Gasteiger charge is 2.04. The van der Waals surface area contributed by atoms with Crippen molar-refractivity contribution in [1.82, 2.24) is 5.32 Å². The summed E-state index contributed by atoms with van der Waals surface area (Å²) in [7, 11) is 4.72. The Balaban J connectivity index is 1.92. The van der Waals surface area contributed by atoms with Crippen LogP contribution in [0.2, 0.25) is 0 Å². The zero-order chi connectivity index (χ0) is 18.9. The lowest BCUT2D eigenvalue weighted by molar-refractivity contribution is -0.115. The van der Waals surface area contributed by atoms with Crippen LogP contribution in [0.5, 0.6) is 17.2 Å². The summed E-state index contributed by atoms with van der Waals surface area (Å²) in [6.07, 6.45) is 3.05. The van der Waals surface area contributed by atoms with Crippen LogP contribution in [0.3, 0.4) is 0 Å². The highest BCUT2D eigenvalue weighted by Crippen LogP contribution is 2.27. The average molecular weight is 372 g/mol. The second-order valence-corrected chi connectivity index (χ2v) is 5.53. The van der Waals surface area contributed by atoms with Gasteiger partial charge in [-0.1, -0.05) is 6.07 Å². The zero-order valence-electron chi connectivity index (χ0n) is 14.7. The third kappa shape index (κ3) is 5.49. The Bertz CT molecular complexity index is 804. The molecule has 2 aromatic carbocycles. The molecule has 2 rings (SSSR count). The van der Waals surface area contributed by atoms with E-state index in [1.165, 1.54) is 6.08 Å². The van der Waals surface area contributed by atoms with Gasteiger partial charge in [-0.05, 0) is 60.3 Å². The van der Waals surface area contributed by atoms with Crippen LogP contribution in [0, 0.1) is 0 Å². The predicted molar refractivity (Wildman–Crippen MR) is 106 cm³/mol. The Hall–Kier alpha value is -3.06.